The molecule has 0 atom stereocenters. The van der Waals surface area contributed by atoms with Gasteiger partial charge in [-0.05, 0) is 57.6 Å². The van der Waals surface area contributed by atoms with Crippen LogP contribution in [0.4, 0.5) is 0 Å². The molecular weight excluding hydrogens is 494 g/mol. The van der Waals surface area contributed by atoms with Crippen LogP contribution in [0.3, 0.4) is 0 Å². The van der Waals surface area contributed by atoms with Crippen LogP contribution in [0, 0.1) is 0 Å². The second-order valence-corrected chi connectivity index (χ2v) is 11.1. The lowest BCUT2D eigenvalue weighted by Gasteiger charge is -2.20. The molecule has 0 fully saturated rings. The third-order valence-corrected chi connectivity index (χ3v) is 9.06. The summed E-state index contributed by atoms with van der Waals surface area (Å²) < 4.78 is 5.84. The zero-order valence-electron chi connectivity index (χ0n) is 20.9. The molecule has 3 heterocycles. The van der Waals surface area contributed by atoms with Gasteiger partial charge in [0.25, 0.3) is 0 Å². The summed E-state index contributed by atoms with van der Waals surface area (Å²) in [4.78, 5) is 5.96. The first-order valence-corrected chi connectivity index (χ1v) is 14.0. The third kappa shape index (κ3) is 2.89. The number of nitrogens with zero attached hydrogens (tertiary/aromatic N) is 3. The summed E-state index contributed by atoms with van der Waals surface area (Å²) in [5.74, 6) is 0. The maximum Gasteiger partial charge on any atom is 0.195 e. The number of para-hydroxylation sites is 2. The summed E-state index contributed by atoms with van der Waals surface area (Å²) in [5, 5.41) is 0. The predicted octanol–water partition coefficient (Wildman–Crippen LogP) is 9.47. The average molecular weight is 516 g/mol. The van der Waals surface area contributed by atoms with E-state index in [2.05, 4.69) is 137 Å². The maximum atomic E-state index is 4.93. The van der Waals surface area contributed by atoms with Crippen LogP contribution >= 0.6 is 11.3 Å². The standard InChI is InChI=1S/C35H21N3S/c1-2-11-23-22(10-1)24-12-3-5-14-26(24)28-20-37(21-29(28)27-15-6-4-13-25(23)27)32-18-9-19-33-34(32)39-35-36-30-16-7-8-17-31(30)38(33)35/h1-21H. The summed E-state index contributed by atoms with van der Waals surface area (Å²) in [6.45, 7) is 0. The van der Waals surface area contributed by atoms with Gasteiger partial charge in [-0.1, -0.05) is 102 Å². The third-order valence-electron chi connectivity index (χ3n) is 7.98. The second-order valence-electron chi connectivity index (χ2n) is 10.1. The van der Waals surface area contributed by atoms with E-state index in [1.807, 2.05) is 0 Å². The molecule has 39 heavy (non-hydrogen) atoms. The molecule has 4 heteroatoms. The number of imidazole rings is 1. The molecule has 0 radical (unpaired) electrons. The molecule has 0 bridgehead atoms. The SMILES string of the molecule is c1ccc2c(c1)-c1ccccc1-c1cn(-c3cccc4c3sc3nc5ccccc5n34)cc1-c1ccccc1-2. The molecule has 5 aromatic carbocycles. The normalized spacial score (nSPS) is 12.1. The van der Waals surface area contributed by atoms with Gasteiger partial charge in [0.15, 0.2) is 4.96 Å². The molecule has 9 rings (SSSR count). The molecule has 182 valence electrons. The first-order chi connectivity index (χ1) is 19.3. The lowest BCUT2D eigenvalue weighted by molar-refractivity contribution is 1.10. The van der Waals surface area contributed by atoms with E-state index < -0.39 is 0 Å². The molecule has 1 aliphatic carbocycles. The molecule has 8 aromatic rings. The van der Waals surface area contributed by atoms with Gasteiger partial charge in [-0.15, -0.1) is 0 Å². The highest BCUT2D eigenvalue weighted by molar-refractivity contribution is 7.24. The molecular formula is C35H21N3S. The first kappa shape index (κ1) is 21.1. The average Bonchev–Trinajstić information content (AvgIpc) is 3.68. The Balaban J connectivity index is 1.35. The van der Waals surface area contributed by atoms with Gasteiger partial charge in [0, 0.05) is 23.5 Å². The molecule has 0 saturated heterocycles. The summed E-state index contributed by atoms with van der Waals surface area (Å²) >= 11 is 1.76. The minimum atomic E-state index is 1.02. The predicted molar refractivity (Wildman–Crippen MR) is 163 cm³/mol. The van der Waals surface area contributed by atoms with Crippen LogP contribution in [0.1, 0.15) is 0 Å². The van der Waals surface area contributed by atoms with Gasteiger partial charge >= 0.3 is 0 Å². The van der Waals surface area contributed by atoms with Crippen LogP contribution in [0.5, 0.6) is 0 Å². The summed E-state index contributed by atoms with van der Waals surface area (Å²) in [6, 6.07) is 41.4. The first-order valence-electron chi connectivity index (χ1n) is 13.1. The van der Waals surface area contributed by atoms with Crippen LogP contribution in [0.2, 0.25) is 0 Å². The quantitative estimate of drug-likeness (QED) is 0.213. The highest BCUT2D eigenvalue weighted by Crippen LogP contribution is 2.48. The van der Waals surface area contributed by atoms with Gasteiger partial charge < -0.3 is 4.57 Å². The van der Waals surface area contributed by atoms with E-state index in [-0.39, 0.29) is 0 Å². The number of hydrogen-bond acceptors (Lipinski definition) is 2. The number of fused-ring (bicyclic) bond motifs is 13. The van der Waals surface area contributed by atoms with E-state index in [1.165, 1.54) is 60.4 Å². The number of thiazole rings is 1. The van der Waals surface area contributed by atoms with Crippen molar-refractivity contribution >= 4 is 37.5 Å². The largest absolute Gasteiger partial charge is 0.321 e. The molecule has 0 amide bonds. The smallest absolute Gasteiger partial charge is 0.195 e. The zero-order valence-corrected chi connectivity index (χ0v) is 21.7. The number of aromatic nitrogens is 3. The molecule has 3 nitrogen and oxygen atoms in total. The van der Waals surface area contributed by atoms with Crippen molar-refractivity contribution in [2.45, 2.75) is 0 Å². The Morgan fingerprint density at radius 3 is 1.54 bits per heavy atom. The van der Waals surface area contributed by atoms with Gasteiger partial charge in [0.1, 0.15) is 0 Å². The van der Waals surface area contributed by atoms with Crippen LogP contribution in [-0.4, -0.2) is 14.0 Å². The summed E-state index contributed by atoms with van der Waals surface area (Å²) in [5.41, 5.74) is 14.6. The van der Waals surface area contributed by atoms with Crippen LogP contribution < -0.4 is 0 Å². The highest BCUT2D eigenvalue weighted by atomic mass is 32.1. The van der Waals surface area contributed by atoms with E-state index >= 15 is 0 Å². The van der Waals surface area contributed by atoms with Gasteiger partial charge in [-0.2, -0.15) is 0 Å². The Kier molecular flexibility index (Phi) is 4.21. The fourth-order valence-electron chi connectivity index (χ4n) is 6.27. The molecule has 1 aliphatic rings. The molecule has 0 saturated carbocycles. The lowest BCUT2D eigenvalue weighted by Crippen LogP contribution is -1.94. The molecule has 0 spiro atoms. The van der Waals surface area contributed by atoms with E-state index in [1.54, 1.807) is 11.3 Å². The molecule has 3 aromatic heterocycles. The summed E-state index contributed by atoms with van der Waals surface area (Å²) in [7, 11) is 0. The lowest BCUT2D eigenvalue weighted by atomic mass is 9.82. The fraction of sp³-hybridized carbons (Fsp3) is 0. The highest BCUT2D eigenvalue weighted by Gasteiger charge is 2.24. The van der Waals surface area contributed by atoms with Gasteiger partial charge in [0.2, 0.25) is 0 Å². The minimum Gasteiger partial charge on any atom is -0.321 e. The number of benzene rings is 5. The van der Waals surface area contributed by atoms with Crippen molar-refractivity contribution in [3.8, 4) is 50.2 Å². The van der Waals surface area contributed by atoms with Gasteiger partial charge in [0.05, 0.1) is 26.9 Å². The Bertz CT molecular complexity index is 2160. The van der Waals surface area contributed by atoms with E-state index in [4.69, 9.17) is 4.98 Å². The van der Waals surface area contributed by atoms with Crippen molar-refractivity contribution in [1.29, 1.82) is 0 Å². The van der Waals surface area contributed by atoms with Crippen LogP contribution in [-0.2, 0) is 0 Å². The Hall–Kier alpha value is -4.93. The van der Waals surface area contributed by atoms with E-state index in [0.29, 0.717) is 0 Å². The topological polar surface area (TPSA) is 22.2 Å². The van der Waals surface area contributed by atoms with Crippen LogP contribution in [0.25, 0.3) is 76.4 Å². The number of rotatable bonds is 1. The van der Waals surface area contributed by atoms with Crippen molar-refractivity contribution in [3.63, 3.8) is 0 Å². The molecule has 0 N–H and O–H groups in total. The van der Waals surface area contributed by atoms with E-state index in [0.717, 1.165) is 16.0 Å². The van der Waals surface area contributed by atoms with E-state index in [9.17, 15) is 0 Å². The van der Waals surface area contributed by atoms with Crippen molar-refractivity contribution < 1.29 is 0 Å². The van der Waals surface area contributed by atoms with Gasteiger partial charge in [-0.25, -0.2) is 4.98 Å². The summed E-state index contributed by atoms with van der Waals surface area (Å²) in [6.07, 6.45) is 4.63. The molecule has 0 aliphatic heterocycles. The zero-order chi connectivity index (χ0) is 25.5. The number of hydrogen-bond donors (Lipinski definition) is 0. The Labute approximate surface area is 228 Å². The van der Waals surface area contributed by atoms with Crippen molar-refractivity contribution in [1.82, 2.24) is 14.0 Å². The van der Waals surface area contributed by atoms with Crippen molar-refractivity contribution in [2.75, 3.05) is 0 Å². The Morgan fingerprint density at radius 1 is 0.462 bits per heavy atom. The van der Waals surface area contributed by atoms with Crippen LogP contribution in [0.15, 0.2) is 128 Å². The minimum absolute atomic E-state index is 1.02. The van der Waals surface area contributed by atoms with Gasteiger partial charge in [-0.3, -0.25) is 4.40 Å². The fourth-order valence-corrected chi connectivity index (χ4v) is 7.43. The second kappa shape index (κ2) is 7.79. The maximum absolute atomic E-state index is 4.93. The monoisotopic (exact) mass is 515 g/mol. The molecule has 0 unspecified atom stereocenters. The van der Waals surface area contributed by atoms with Crippen molar-refractivity contribution in [2.24, 2.45) is 0 Å². The van der Waals surface area contributed by atoms with Crippen molar-refractivity contribution in [3.05, 3.63) is 128 Å². The Morgan fingerprint density at radius 2 is 0.949 bits per heavy atom.